The monoisotopic (exact) mass is 469 g/mol. The summed E-state index contributed by atoms with van der Waals surface area (Å²) in [5.74, 6) is 3.62. The number of aromatic nitrogens is 5. The van der Waals surface area contributed by atoms with Crippen LogP contribution in [-0.2, 0) is 5.41 Å². The number of pyridine rings is 2. The Morgan fingerprint density at radius 2 is 1.31 bits per heavy atom. The molecular formula is C31H27N5. The Balaban J connectivity index is 1.36. The van der Waals surface area contributed by atoms with Gasteiger partial charge in [-0.15, -0.1) is 0 Å². The Bertz CT molecular complexity index is 1730. The van der Waals surface area contributed by atoms with Crippen molar-refractivity contribution in [2.24, 2.45) is 17.8 Å². The lowest BCUT2D eigenvalue weighted by molar-refractivity contribution is -0.00662. The third kappa shape index (κ3) is 2.48. The van der Waals surface area contributed by atoms with Gasteiger partial charge in [0.05, 0.1) is 22.1 Å². The summed E-state index contributed by atoms with van der Waals surface area (Å²) in [6.45, 7) is 0. The summed E-state index contributed by atoms with van der Waals surface area (Å²) in [4.78, 5) is 22.5. The van der Waals surface area contributed by atoms with Gasteiger partial charge in [0.2, 0.25) is 0 Å². The Labute approximate surface area is 208 Å². The minimum Gasteiger partial charge on any atom is -0.357 e. The highest BCUT2D eigenvalue weighted by Gasteiger charge is 2.53. The molecule has 0 radical (unpaired) electrons. The number of nitrogens with one attached hydrogen (secondary N) is 2. The van der Waals surface area contributed by atoms with Crippen molar-refractivity contribution in [1.82, 2.24) is 24.9 Å². The standard InChI is InChI=1S/C31H27N5/c1-2-8-23-20(5-1)24(29(34-23)31-14-17-11-18(15-31)13-19(12-17)16-31)30-35-27-21-6-3-9-32-25(21)26-22(28(27)36-30)7-4-10-33-26/h1-10,17-19,34H,11-16H2,(H,35,36). The van der Waals surface area contributed by atoms with E-state index < -0.39 is 0 Å². The SMILES string of the molecule is c1ccc2c(-c3nc4c5cccnc5c5ncccc5c4[nH]3)c(C34CC5CC(CC(C5)C3)C4)[nH]c2c1. The molecule has 5 nitrogen and oxygen atoms in total. The molecule has 0 aliphatic heterocycles. The molecule has 4 heterocycles. The van der Waals surface area contributed by atoms with Gasteiger partial charge in [-0.3, -0.25) is 9.97 Å². The van der Waals surface area contributed by atoms with Crippen molar-refractivity contribution in [3.8, 4) is 11.4 Å². The lowest BCUT2D eigenvalue weighted by Crippen LogP contribution is -2.48. The summed E-state index contributed by atoms with van der Waals surface area (Å²) < 4.78 is 0. The highest BCUT2D eigenvalue weighted by molar-refractivity contribution is 6.21. The molecule has 4 saturated carbocycles. The molecule has 0 unspecified atom stereocenters. The lowest BCUT2D eigenvalue weighted by Gasteiger charge is -2.56. The van der Waals surface area contributed by atoms with Crippen LogP contribution in [0.2, 0.25) is 0 Å². The van der Waals surface area contributed by atoms with E-state index in [1.807, 2.05) is 24.5 Å². The highest BCUT2D eigenvalue weighted by Crippen LogP contribution is 2.62. The minimum absolute atomic E-state index is 0.245. The Kier molecular flexibility index (Phi) is 3.64. The smallest absolute Gasteiger partial charge is 0.141 e. The molecule has 176 valence electrons. The molecule has 10 rings (SSSR count). The molecule has 0 amide bonds. The maximum absolute atomic E-state index is 5.33. The number of benzene rings is 2. The Hall–Kier alpha value is -3.73. The zero-order valence-electron chi connectivity index (χ0n) is 20.1. The summed E-state index contributed by atoms with van der Waals surface area (Å²) in [6.07, 6.45) is 12.0. The molecule has 2 N–H and O–H groups in total. The summed E-state index contributed by atoms with van der Waals surface area (Å²) in [7, 11) is 0. The first kappa shape index (κ1) is 19.5. The topological polar surface area (TPSA) is 70.2 Å². The van der Waals surface area contributed by atoms with Gasteiger partial charge in [0.15, 0.2) is 0 Å². The van der Waals surface area contributed by atoms with Gasteiger partial charge < -0.3 is 9.97 Å². The molecule has 4 aromatic heterocycles. The fourth-order valence-corrected chi connectivity index (χ4v) is 8.66. The second-order valence-corrected chi connectivity index (χ2v) is 11.7. The predicted octanol–water partition coefficient (Wildman–Crippen LogP) is 7.28. The number of aromatic amines is 2. The number of hydrogen-bond donors (Lipinski definition) is 2. The third-order valence-corrected chi connectivity index (χ3v) is 9.58. The maximum Gasteiger partial charge on any atom is 0.141 e. The second kappa shape index (κ2) is 6.73. The van der Waals surface area contributed by atoms with Gasteiger partial charge in [-0.2, -0.15) is 0 Å². The molecule has 2 aromatic carbocycles. The van der Waals surface area contributed by atoms with Gasteiger partial charge in [-0.05, 0) is 86.6 Å². The van der Waals surface area contributed by atoms with Gasteiger partial charge in [-0.1, -0.05) is 18.2 Å². The maximum atomic E-state index is 5.33. The van der Waals surface area contributed by atoms with Crippen molar-refractivity contribution in [1.29, 1.82) is 0 Å². The normalized spacial score (nSPS) is 27.2. The van der Waals surface area contributed by atoms with E-state index in [4.69, 9.17) is 15.0 Å². The molecule has 0 saturated heterocycles. The lowest BCUT2D eigenvalue weighted by atomic mass is 9.48. The van der Waals surface area contributed by atoms with Crippen molar-refractivity contribution >= 4 is 43.7 Å². The first-order valence-corrected chi connectivity index (χ1v) is 13.4. The zero-order valence-corrected chi connectivity index (χ0v) is 20.1. The predicted molar refractivity (Wildman–Crippen MR) is 144 cm³/mol. The van der Waals surface area contributed by atoms with Crippen molar-refractivity contribution in [3.63, 3.8) is 0 Å². The molecule has 5 heteroatoms. The van der Waals surface area contributed by atoms with Crippen molar-refractivity contribution in [2.75, 3.05) is 0 Å². The van der Waals surface area contributed by atoms with Crippen LogP contribution < -0.4 is 0 Å². The number of nitrogens with zero attached hydrogens (tertiary/aromatic N) is 3. The number of H-pyrrole nitrogens is 2. The van der Waals surface area contributed by atoms with Crippen LogP contribution in [0.3, 0.4) is 0 Å². The van der Waals surface area contributed by atoms with E-state index in [1.54, 1.807) is 0 Å². The van der Waals surface area contributed by atoms with E-state index in [-0.39, 0.29) is 5.41 Å². The second-order valence-electron chi connectivity index (χ2n) is 11.7. The van der Waals surface area contributed by atoms with Crippen LogP contribution in [0.25, 0.3) is 55.1 Å². The number of fused-ring (bicyclic) bond motifs is 7. The highest BCUT2D eigenvalue weighted by atomic mass is 14.9. The fourth-order valence-electron chi connectivity index (χ4n) is 8.66. The average Bonchev–Trinajstić information content (AvgIpc) is 3.51. The van der Waals surface area contributed by atoms with E-state index in [0.717, 1.165) is 56.4 Å². The number of hydrogen-bond acceptors (Lipinski definition) is 3. The Morgan fingerprint density at radius 1 is 0.667 bits per heavy atom. The van der Waals surface area contributed by atoms with Gasteiger partial charge in [-0.25, -0.2) is 4.98 Å². The van der Waals surface area contributed by atoms with Gasteiger partial charge in [0.25, 0.3) is 0 Å². The first-order chi connectivity index (χ1) is 17.8. The molecular weight excluding hydrogens is 442 g/mol. The van der Waals surface area contributed by atoms with Crippen LogP contribution in [0.5, 0.6) is 0 Å². The van der Waals surface area contributed by atoms with E-state index in [9.17, 15) is 0 Å². The fraction of sp³-hybridized carbons (Fsp3) is 0.323. The van der Waals surface area contributed by atoms with E-state index in [2.05, 4.69) is 46.4 Å². The summed E-state index contributed by atoms with van der Waals surface area (Å²) in [5, 5.41) is 3.40. The van der Waals surface area contributed by atoms with Gasteiger partial charge in [0.1, 0.15) is 5.82 Å². The van der Waals surface area contributed by atoms with Gasteiger partial charge in [0, 0.05) is 50.7 Å². The van der Waals surface area contributed by atoms with E-state index in [0.29, 0.717) is 0 Å². The number of para-hydroxylation sites is 1. The summed E-state index contributed by atoms with van der Waals surface area (Å²) in [5.41, 5.74) is 8.04. The molecule has 0 spiro atoms. The molecule has 4 aliphatic rings. The van der Waals surface area contributed by atoms with Crippen LogP contribution in [0, 0.1) is 17.8 Å². The van der Waals surface area contributed by atoms with Gasteiger partial charge >= 0.3 is 0 Å². The molecule has 6 aromatic rings. The molecule has 4 aliphatic carbocycles. The van der Waals surface area contributed by atoms with Crippen molar-refractivity contribution < 1.29 is 0 Å². The number of imidazole rings is 1. The zero-order chi connectivity index (χ0) is 23.4. The average molecular weight is 470 g/mol. The largest absolute Gasteiger partial charge is 0.357 e. The van der Waals surface area contributed by atoms with Crippen LogP contribution in [0.4, 0.5) is 0 Å². The first-order valence-electron chi connectivity index (χ1n) is 13.4. The van der Waals surface area contributed by atoms with Crippen LogP contribution in [0.1, 0.15) is 44.2 Å². The van der Waals surface area contributed by atoms with E-state index >= 15 is 0 Å². The number of rotatable bonds is 2. The Morgan fingerprint density at radius 3 is 2.06 bits per heavy atom. The summed E-state index contributed by atoms with van der Waals surface area (Å²) >= 11 is 0. The van der Waals surface area contributed by atoms with Crippen LogP contribution >= 0.6 is 0 Å². The van der Waals surface area contributed by atoms with E-state index in [1.165, 1.54) is 60.7 Å². The molecule has 0 atom stereocenters. The third-order valence-electron chi connectivity index (χ3n) is 9.58. The van der Waals surface area contributed by atoms with Crippen molar-refractivity contribution in [2.45, 2.75) is 43.9 Å². The molecule has 4 bridgehead atoms. The molecule has 4 fully saturated rings. The quantitative estimate of drug-likeness (QED) is 0.262. The van der Waals surface area contributed by atoms with Crippen LogP contribution in [0.15, 0.2) is 60.9 Å². The minimum atomic E-state index is 0.245. The summed E-state index contributed by atoms with van der Waals surface area (Å²) in [6, 6.07) is 17.0. The van der Waals surface area contributed by atoms with Crippen molar-refractivity contribution in [3.05, 3.63) is 66.6 Å². The molecule has 36 heavy (non-hydrogen) atoms. The van der Waals surface area contributed by atoms with Crippen LogP contribution in [-0.4, -0.2) is 24.9 Å².